The SMILES string of the molecule is Cc1ccc(-c2nnc([C@H]3CCN(c4ccc(C#N)cn4)C3)o2)cc1. The highest BCUT2D eigenvalue weighted by Crippen LogP contribution is 2.30. The Labute approximate surface area is 145 Å². The molecular weight excluding hydrogens is 314 g/mol. The molecule has 1 saturated heterocycles. The van der Waals surface area contributed by atoms with Gasteiger partial charge in [0.25, 0.3) is 0 Å². The van der Waals surface area contributed by atoms with Crippen molar-refractivity contribution >= 4 is 5.82 Å². The fraction of sp³-hybridized carbons (Fsp3) is 0.263. The molecule has 3 heterocycles. The minimum Gasteiger partial charge on any atom is -0.420 e. The van der Waals surface area contributed by atoms with Crippen LogP contribution < -0.4 is 4.90 Å². The fourth-order valence-corrected chi connectivity index (χ4v) is 3.02. The number of pyridine rings is 1. The van der Waals surface area contributed by atoms with Gasteiger partial charge in [0.2, 0.25) is 11.8 Å². The first-order valence-corrected chi connectivity index (χ1v) is 8.24. The summed E-state index contributed by atoms with van der Waals surface area (Å²) < 4.78 is 5.90. The number of hydrogen-bond acceptors (Lipinski definition) is 6. The number of aromatic nitrogens is 3. The maximum absolute atomic E-state index is 8.86. The lowest BCUT2D eigenvalue weighted by Crippen LogP contribution is -2.20. The van der Waals surface area contributed by atoms with Crippen molar-refractivity contribution in [3.63, 3.8) is 0 Å². The molecule has 0 aliphatic carbocycles. The summed E-state index contributed by atoms with van der Waals surface area (Å²) in [5.41, 5.74) is 2.71. The molecule has 2 aromatic heterocycles. The summed E-state index contributed by atoms with van der Waals surface area (Å²) in [4.78, 5) is 6.54. The van der Waals surface area contributed by atoms with Gasteiger partial charge in [-0.15, -0.1) is 10.2 Å². The first-order valence-electron chi connectivity index (χ1n) is 8.24. The second kappa shape index (κ2) is 6.36. The van der Waals surface area contributed by atoms with Crippen LogP contribution in [-0.4, -0.2) is 28.3 Å². The molecule has 3 aromatic rings. The fourth-order valence-electron chi connectivity index (χ4n) is 3.02. The average molecular weight is 331 g/mol. The lowest BCUT2D eigenvalue weighted by atomic mass is 10.1. The molecule has 1 aliphatic heterocycles. The van der Waals surface area contributed by atoms with Gasteiger partial charge in [0.1, 0.15) is 11.9 Å². The summed E-state index contributed by atoms with van der Waals surface area (Å²) in [5, 5.41) is 17.3. The maximum Gasteiger partial charge on any atom is 0.247 e. The molecule has 0 N–H and O–H groups in total. The van der Waals surface area contributed by atoms with Gasteiger partial charge in [-0.05, 0) is 37.6 Å². The number of nitriles is 1. The van der Waals surface area contributed by atoms with Gasteiger partial charge < -0.3 is 9.32 Å². The molecule has 0 radical (unpaired) electrons. The zero-order valence-electron chi connectivity index (χ0n) is 13.9. The maximum atomic E-state index is 8.86. The zero-order chi connectivity index (χ0) is 17.2. The molecule has 25 heavy (non-hydrogen) atoms. The van der Waals surface area contributed by atoms with Crippen molar-refractivity contribution in [1.82, 2.24) is 15.2 Å². The Morgan fingerprint density at radius 3 is 2.72 bits per heavy atom. The largest absolute Gasteiger partial charge is 0.420 e. The van der Waals surface area contributed by atoms with Crippen LogP contribution in [0.2, 0.25) is 0 Å². The van der Waals surface area contributed by atoms with Crippen molar-refractivity contribution in [3.8, 4) is 17.5 Å². The summed E-state index contributed by atoms with van der Waals surface area (Å²) in [6.07, 6.45) is 2.54. The molecule has 0 saturated carbocycles. The summed E-state index contributed by atoms with van der Waals surface area (Å²) in [5.74, 6) is 2.31. The summed E-state index contributed by atoms with van der Waals surface area (Å²) in [6.45, 7) is 3.72. The number of rotatable bonds is 3. The van der Waals surface area contributed by atoms with E-state index in [4.69, 9.17) is 9.68 Å². The van der Waals surface area contributed by atoms with Crippen molar-refractivity contribution in [3.05, 3.63) is 59.6 Å². The third-order valence-corrected chi connectivity index (χ3v) is 4.48. The lowest BCUT2D eigenvalue weighted by Gasteiger charge is -2.16. The molecule has 0 spiro atoms. The Balaban J connectivity index is 1.48. The summed E-state index contributed by atoms with van der Waals surface area (Å²) in [7, 11) is 0. The van der Waals surface area contributed by atoms with Gasteiger partial charge >= 0.3 is 0 Å². The molecule has 0 unspecified atom stereocenters. The van der Waals surface area contributed by atoms with Crippen LogP contribution in [-0.2, 0) is 0 Å². The second-order valence-electron chi connectivity index (χ2n) is 6.26. The van der Waals surface area contributed by atoms with Crippen LogP contribution in [0.5, 0.6) is 0 Å². The van der Waals surface area contributed by atoms with Crippen LogP contribution in [0.1, 0.15) is 29.4 Å². The Morgan fingerprint density at radius 2 is 2.00 bits per heavy atom. The first kappa shape index (κ1) is 15.3. The van der Waals surface area contributed by atoms with E-state index in [9.17, 15) is 0 Å². The van der Waals surface area contributed by atoms with E-state index in [0.29, 0.717) is 17.3 Å². The van der Waals surface area contributed by atoms with Crippen molar-refractivity contribution in [2.45, 2.75) is 19.3 Å². The van der Waals surface area contributed by atoms with Crippen molar-refractivity contribution < 1.29 is 4.42 Å². The summed E-state index contributed by atoms with van der Waals surface area (Å²) in [6, 6.07) is 13.8. The van der Waals surface area contributed by atoms with Crippen molar-refractivity contribution in [2.75, 3.05) is 18.0 Å². The van der Waals surface area contributed by atoms with Crippen LogP contribution >= 0.6 is 0 Å². The van der Waals surface area contributed by atoms with Crippen LogP contribution in [0.4, 0.5) is 5.82 Å². The molecule has 6 nitrogen and oxygen atoms in total. The van der Waals surface area contributed by atoms with Crippen LogP contribution in [0.15, 0.2) is 47.0 Å². The van der Waals surface area contributed by atoms with E-state index in [-0.39, 0.29) is 5.92 Å². The van der Waals surface area contributed by atoms with Gasteiger partial charge in [0, 0.05) is 24.8 Å². The number of benzene rings is 1. The Morgan fingerprint density at radius 1 is 1.16 bits per heavy atom. The molecule has 1 aromatic carbocycles. The molecule has 4 rings (SSSR count). The van der Waals surface area contributed by atoms with E-state index < -0.39 is 0 Å². The third-order valence-electron chi connectivity index (χ3n) is 4.48. The Hall–Kier alpha value is -3.20. The number of anilines is 1. The van der Waals surface area contributed by atoms with Gasteiger partial charge in [-0.2, -0.15) is 5.26 Å². The minimum atomic E-state index is 0.198. The van der Waals surface area contributed by atoms with E-state index in [2.05, 4.69) is 26.2 Å². The second-order valence-corrected chi connectivity index (χ2v) is 6.26. The predicted octanol–water partition coefficient (Wildman–Crippen LogP) is 3.31. The third kappa shape index (κ3) is 3.09. The van der Waals surface area contributed by atoms with Gasteiger partial charge in [-0.25, -0.2) is 4.98 Å². The number of nitrogens with zero attached hydrogens (tertiary/aromatic N) is 5. The Kier molecular flexibility index (Phi) is 3.90. The first-order chi connectivity index (χ1) is 12.2. The van der Waals surface area contributed by atoms with E-state index in [1.165, 1.54) is 5.56 Å². The molecule has 6 heteroatoms. The number of aryl methyl sites for hydroxylation is 1. The Bertz CT molecular complexity index is 908. The topological polar surface area (TPSA) is 78.8 Å². The highest BCUT2D eigenvalue weighted by Gasteiger charge is 2.29. The molecule has 1 fully saturated rings. The van der Waals surface area contributed by atoms with E-state index in [0.717, 1.165) is 30.9 Å². The minimum absolute atomic E-state index is 0.198. The molecule has 0 amide bonds. The molecule has 124 valence electrons. The van der Waals surface area contributed by atoms with Gasteiger partial charge in [-0.1, -0.05) is 17.7 Å². The molecule has 1 atom stereocenters. The van der Waals surface area contributed by atoms with Crippen LogP contribution in [0, 0.1) is 18.3 Å². The highest BCUT2D eigenvalue weighted by atomic mass is 16.4. The standard InChI is InChI=1S/C19H17N5O/c1-13-2-5-15(6-3-13)18-22-23-19(25-18)16-8-9-24(12-16)17-7-4-14(10-20)11-21-17/h2-7,11,16H,8-9,12H2,1H3/t16-/m0/s1. The lowest BCUT2D eigenvalue weighted by molar-refractivity contribution is 0.468. The van der Waals surface area contributed by atoms with Crippen LogP contribution in [0.3, 0.4) is 0 Å². The molecule has 1 aliphatic rings. The normalized spacial score (nSPS) is 16.8. The number of hydrogen-bond donors (Lipinski definition) is 0. The quantitative estimate of drug-likeness (QED) is 0.732. The van der Waals surface area contributed by atoms with Gasteiger partial charge in [-0.3, -0.25) is 0 Å². The van der Waals surface area contributed by atoms with Gasteiger partial charge in [0.05, 0.1) is 11.5 Å². The van der Waals surface area contributed by atoms with E-state index in [1.807, 2.05) is 37.3 Å². The van der Waals surface area contributed by atoms with E-state index in [1.54, 1.807) is 12.3 Å². The highest BCUT2D eigenvalue weighted by molar-refractivity contribution is 5.53. The summed E-state index contributed by atoms with van der Waals surface area (Å²) >= 11 is 0. The molecule has 0 bridgehead atoms. The monoisotopic (exact) mass is 331 g/mol. The van der Waals surface area contributed by atoms with Gasteiger partial charge in [0.15, 0.2) is 0 Å². The van der Waals surface area contributed by atoms with Crippen LogP contribution in [0.25, 0.3) is 11.5 Å². The van der Waals surface area contributed by atoms with Crippen molar-refractivity contribution in [2.24, 2.45) is 0 Å². The average Bonchev–Trinajstić information content (AvgIpc) is 3.32. The zero-order valence-corrected chi connectivity index (χ0v) is 13.9. The van der Waals surface area contributed by atoms with Crippen molar-refractivity contribution in [1.29, 1.82) is 5.26 Å². The molecular formula is C19H17N5O. The predicted molar refractivity (Wildman–Crippen MR) is 93.0 cm³/mol. The van der Waals surface area contributed by atoms with E-state index >= 15 is 0 Å². The smallest absolute Gasteiger partial charge is 0.247 e.